The third-order valence-electron chi connectivity index (χ3n) is 5.31. The Morgan fingerprint density at radius 3 is 2.29 bits per heavy atom. The molecule has 10 nitrogen and oxygen atoms in total. The molecule has 0 bridgehead atoms. The molecule has 3 fully saturated rings. The number of aliphatic hydroxyl groups excluding tert-OH is 3. The van der Waals surface area contributed by atoms with E-state index in [0.717, 1.165) is 0 Å². The third-order valence-corrected chi connectivity index (χ3v) is 5.31. The maximum atomic E-state index is 9.94. The number of methoxy groups -OCH3 is 2. The molecule has 3 heterocycles. The minimum atomic E-state index is -0.932. The van der Waals surface area contributed by atoms with Crippen molar-refractivity contribution in [3.8, 4) is 0 Å². The van der Waals surface area contributed by atoms with Gasteiger partial charge in [-0.2, -0.15) is 0 Å². The summed E-state index contributed by atoms with van der Waals surface area (Å²) in [5.74, 6) is -1.40. The van der Waals surface area contributed by atoms with Gasteiger partial charge in [-0.1, -0.05) is 6.08 Å². The molecule has 182 valence electrons. The van der Waals surface area contributed by atoms with Crippen molar-refractivity contribution in [1.29, 1.82) is 0 Å². The van der Waals surface area contributed by atoms with Crippen LogP contribution in [-0.4, -0.2) is 103 Å². The molecule has 3 aliphatic rings. The molecule has 0 aromatic carbocycles. The molecule has 0 aromatic heterocycles. The summed E-state index contributed by atoms with van der Waals surface area (Å²) in [6, 6.07) is 0. The van der Waals surface area contributed by atoms with Gasteiger partial charge in [0.1, 0.15) is 36.6 Å². The van der Waals surface area contributed by atoms with E-state index < -0.39 is 48.4 Å². The molecule has 0 radical (unpaired) electrons. The first kappa shape index (κ1) is 26.6. The zero-order valence-corrected chi connectivity index (χ0v) is 19.2. The molecular formula is C21H38O10. The van der Waals surface area contributed by atoms with Gasteiger partial charge in [-0.15, -0.1) is 6.58 Å². The molecule has 3 saturated heterocycles. The van der Waals surface area contributed by atoms with Gasteiger partial charge in [0.2, 0.25) is 0 Å². The van der Waals surface area contributed by atoms with E-state index in [-0.39, 0.29) is 18.8 Å². The maximum absolute atomic E-state index is 9.94. The lowest BCUT2D eigenvalue weighted by Gasteiger charge is -2.33. The molecule has 3 rings (SSSR count). The molecule has 10 heteroatoms. The van der Waals surface area contributed by atoms with E-state index >= 15 is 0 Å². The van der Waals surface area contributed by atoms with E-state index in [1.807, 2.05) is 13.8 Å². The Kier molecular flexibility index (Phi) is 9.41. The summed E-state index contributed by atoms with van der Waals surface area (Å²) < 4.78 is 37.9. The highest BCUT2D eigenvalue weighted by molar-refractivity contribution is 4.93. The van der Waals surface area contributed by atoms with E-state index in [9.17, 15) is 15.3 Å². The molecule has 0 spiro atoms. The van der Waals surface area contributed by atoms with Gasteiger partial charge in [-0.25, -0.2) is 0 Å². The average Bonchev–Trinajstić information content (AvgIpc) is 3.17. The van der Waals surface area contributed by atoms with Gasteiger partial charge in [0.05, 0.1) is 19.3 Å². The van der Waals surface area contributed by atoms with E-state index in [1.54, 1.807) is 19.9 Å². The number of hydrogen-bond acceptors (Lipinski definition) is 10. The topological polar surface area (TPSA) is 125 Å². The number of rotatable bonds is 7. The Morgan fingerprint density at radius 2 is 1.74 bits per heavy atom. The highest BCUT2D eigenvalue weighted by atomic mass is 16.8. The standard InChI is InChI=1S/C12H22O5.C9H16O5/c1-5-6-8(14)10(15-4)11-9(7-13)16-12(2,3)17-11;1-9(2)13-5-4-12-8(10)7(11-3)6(5)14-9/h5,8-11,13-14H,1,6-7H2,2-4H3;5-8,10H,4H2,1-3H3/t8-,9?,10?,11?;/m0./s1. The number of fused-ring (bicyclic) bond motifs is 1. The Hall–Kier alpha value is -0.660. The molecule has 0 aromatic rings. The van der Waals surface area contributed by atoms with Gasteiger partial charge in [0, 0.05) is 14.2 Å². The first-order valence-electron chi connectivity index (χ1n) is 10.4. The Labute approximate surface area is 184 Å². The summed E-state index contributed by atoms with van der Waals surface area (Å²) in [6.45, 7) is 11.0. The van der Waals surface area contributed by atoms with Crippen LogP contribution in [0.1, 0.15) is 34.1 Å². The van der Waals surface area contributed by atoms with Crippen molar-refractivity contribution in [3.05, 3.63) is 12.7 Å². The largest absolute Gasteiger partial charge is 0.394 e. The van der Waals surface area contributed by atoms with Gasteiger partial charge in [-0.05, 0) is 34.1 Å². The fraction of sp³-hybridized carbons (Fsp3) is 0.905. The van der Waals surface area contributed by atoms with Crippen molar-refractivity contribution in [3.63, 3.8) is 0 Å². The van der Waals surface area contributed by atoms with Crippen LogP contribution < -0.4 is 0 Å². The zero-order valence-electron chi connectivity index (χ0n) is 19.2. The Balaban J connectivity index is 0.000000224. The summed E-state index contributed by atoms with van der Waals surface area (Å²) in [4.78, 5) is 0. The Morgan fingerprint density at radius 1 is 1.10 bits per heavy atom. The van der Waals surface area contributed by atoms with E-state index in [2.05, 4.69) is 6.58 Å². The second kappa shape index (κ2) is 11.0. The van der Waals surface area contributed by atoms with Gasteiger partial charge in [0.25, 0.3) is 0 Å². The lowest BCUT2D eigenvalue weighted by molar-refractivity contribution is -0.238. The molecule has 3 aliphatic heterocycles. The summed E-state index contributed by atoms with van der Waals surface area (Å²) in [7, 11) is 3.02. The summed E-state index contributed by atoms with van der Waals surface area (Å²) in [5.41, 5.74) is 0. The van der Waals surface area contributed by atoms with Crippen molar-refractivity contribution in [2.45, 2.75) is 94.7 Å². The van der Waals surface area contributed by atoms with Crippen molar-refractivity contribution < 1.29 is 48.5 Å². The molecule has 8 atom stereocenters. The summed E-state index contributed by atoms with van der Waals surface area (Å²) >= 11 is 0. The van der Waals surface area contributed by atoms with Crippen LogP contribution in [0.3, 0.4) is 0 Å². The fourth-order valence-electron chi connectivity index (χ4n) is 4.07. The van der Waals surface area contributed by atoms with Crippen LogP contribution in [0.2, 0.25) is 0 Å². The molecule has 0 saturated carbocycles. The van der Waals surface area contributed by atoms with Crippen LogP contribution in [0, 0.1) is 0 Å². The lowest BCUT2D eigenvalue weighted by atomic mass is 10.0. The second-order valence-corrected chi connectivity index (χ2v) is 8.68. The smallest absolute Gasteiger partial charge is 0.183 e. The quantitative estimate of drug-likeness (QED) is 0.467. The zero-order chi connectivity index (χ0) is 23.4. The molecule has 0 aliphatic carbocycles. The fourth-order valence-corrected chi connectivity index (χ4v) is 4.07. The molecule has 0 amide bonds. The number of ether oxygens (including phenoxy) is 7. The minimum Gasteiger partial charge on any atom is -0.394 e. The van der Waals surface area contributed by atoms with Crippen molar-refractivity contribution in [2.24, 2.45) is 0 Å². The first-order chi connectivity index (χ1) is 14.5. The van der Waals surface area contributed by atoms with Gasteiger partial charge >= 0.3 is 0 Å². The van der Waals surface area contributed by atoms with Crippen LogP contribution in [0.4, 0.5) is 0 Å². The van der Waals surface area contributed by atoms with Crippen molar-refractivity contribution in [2.75, 3.05) is 27.4 Å². The van der Waals surface area contributed by atoms with E-state index in [4.69, 9.17) is 33.2 Å². The highest BCUT2D eigenvalue weighted by Gasteiger charge is 2.51. The molecule has 31 heavy (non-hydrogen) atoms. The Bertz CT molecular complexity index is 568. The SMILES string of the molecule is C=CC[C@H](O)C(OC)C1OC(C)(C)OC1CO.COC1C(O)OCC2OC(C)(C)OC21. The lowest BCUT2D eigenvalue weighted by Crippen LogP contribution is -2.52. The normalized spacial score (nSPS) is 38.0. The summed E-state index contributed by atoms with van der Waals surface area (Å²) in [6.07, 6.45) is -2.06. The van der Waals surface area contributed by atoms with Crippen LogP contribution in [0.15, 0.2) is 12.7 Å². The second-order valence-electron chi connectivity index (χ2n) is 8.68. The van der Waals surface area contributed by atoms with Gasteiger partial charge < -0.3 is 48.5 Å². The molecular weight excluding hydrogens is 412 g/mol. The predicted molar refractivity (Wildman–Crippen MR) is 109 cm³/mol. The van der Waals surface area contributed by atoms with Crippen LogP contribution in [-0.2, 0) is 33.2 Å². The van der Waals surface area contributed by atoms with E-state index in [0.29, 0.717) is 13.0 Å². The van der Waals surface area contributed by atoms with Crippen molar-refractivity contribution >= 4 is 0 Å². The number of aliphatic hydroxyl groups is 3. The van der Waals surface area contributed by atoms with Crippen LogP contribution >= 0.6 is 0 Å². The van der Waals surface area contributed by atoms with Crippen LogP contribution in [0.5, 0.6) is 0 Å². The predicted octanol–water partition coefficient (Wildman–Crippen LogP) is 0.321. The van der Waals surface area contributed by atoms with Crippen LogP contribution in [0.25, 0.3) is 0 Å². The summed E-state index contributed by atoms with van der Waals surface area (Å²) in [5, 5.41) is 28.7. The molecule has 7 unspecified atom stereocenters. The maximum Gasteiger partial charge on any atom is 0.183 e. The minimum absolute atomic E-state index is 0.154. The monoisotopic (exact) mass is 450 g/mol. The van der Waals surface area contributed by atoms with E-state index in [1.165, 1.54) is 14.2 Å². The number of hydrogen-bond donors (Lipinski definition) is 3. The average molecular weight is 451 g/mol. The third kappa shape index (κ3) is 6.67. The van der Waals surface area contributed by atoms with Gasteiger partial charge in [-0.3, -0.25) is 0 Å². The first-order valence-corrected chi connectivity index (χ1v) is 10.4. The van der Waals surface area contributed by atoms with Gasteiger partial charge in [0.15, 0.2) is 17.9 Å². The van der Waals surface area contributed by atoms with Crippen molar-refractivity contribution in [1.82, 2.24) is 0 Å². The molecule has 3 N–H and O–H groups in total. The highest BCUT2D eigenvalue weighted by Crippen LogP contribution is 2.35.